The van der Waals surface area contributed by atoms with Crippen LogP contribution in [0.4, 0.5) is 5.69 Å². The number of carbonyl (C=O) groups excluding carboxylic acids is 2. The predicted octanol–water partition coefficient (Wildman–Crippen LogP) is 5.39. The third-order valence-electron chi connectivity index (χ3n) is 4.61. The fraction of sp³-hybridized carbons (Fsp3) is 0.0909. The Morgan fingerprint density at radius 2 is 1.73 bits per heavy atom. The van der Waals surface area contributed by atoms with Crippen LogP contribution in [0.1, 0.15) is 32.7 Å². The number of halogens is 1. The molecule has 3 aromatic rings. The summed E-state index contributed by atoms with van der Waals surface area (Å²) in [6.45, 7) is 0. The van der Waals surface area contributed by atoms with Gasteiger partial charge in [-0.05, 0) is 53.4 Å². The van der Waals surface area contributed by atoms with Crippen molar-refractivity contribution in [1.29, 1.82) is 0 Å². The lowest BCUT2D eigenvalue weighted by molar-refractivity contribution is 0.0995. The average molecular weight is 362 g/mol. The van der Waals surface area contributed by atoms with E-state index in [9.17, 15) is 9.59 Å². The molecule has 1 aliphatic carbocycles. The maximum absolute atomic E-state index is 12.5. The van der Waals surface area contributed by atoms with Crippen molar-refractivity contribution in [2.45, 2.75) is 12.8 Å². The molecule has 0 atom stereocenters. The van der Waals surface area contributed by atoms with Gasteiger partial charge in [0.2, 0.25) is 0 Å². The number of nitrogens with one attached hydrogen (secondary N) is 1. The summed E-state index contributed by atoms with van der Waals surface area (Å²) in [4.78, 5) is 25.0. The number of Topliss-reactive ketones (excluding diaryl/α,β-unsaturated/α-hetero) is 1. The lowest BCUT2D eigenvalue weighted by Gasteiger charge is -2.14. The van der Waals surface area contributed by atoms with E-state index >= 15 is 0 Å². The summed E-state index contributed by atoms with van der Waals surface area (Å²) >= 11 is 6.12. The van der Waals surface area contributed by atoms with Crippen LogP contribution < -0.4 is 5.32 Å². The summed E-state index contributed by atoms with van der Waals surface area (Å²) in [7, 11) is 0. The molecule has 0 fully saturated rings. The minimum atomic E-state index is -0.219. The van der Waals surface area contributed by atoms with Crippen LogP contribution in [0.3, 0.4) is 0 Å². The number of rotatable bonds is 3. The number of hydrogen-bond acceptors (Lipinski definition) is 2. The number of anilines is 1. The highest BCUT2D eigenvalue weighted by atomic mass is 35.5. The fourth-order valence-electron chi connectivity index (χ4n) is 3.40. The van der Waals surface area contributed by atoms with Crippen LogP contribution >= 0.6 is 11.6 Å². The van der Waals surface area contributed by atoms with Crippen molar-refractivity contribution in [3.8, 4) is 11.1 Å². The van der Waals surface area contributed by atoms with Gasteiger partial charge < -0.3 is 5.32 Å². The third kappa shape index (κ3) is 3.02. The Hall–Kier alpha value is -2.91. The Labute approximate surface area is 156 Å². The van der Waals surface area contributed by atoms with Gasteiger partial charge in [-0.15, -0.1) is 0 Å². The van der Waals surface area contributed by atoms with Gasteiger partial charge in [0, 0.05) is 22.6 Å². The highest BCUT2D eigenvalue weighted by molar-refractivity contribution is 6.30. The molecule has 128 valence electrons. The SMILES string of the molecule is O=C(Nc1ccc(-c2cccc(Cl)c2)c2c1C(=O)CC2)c1ccccc1. The van der Waals surface area contributed by atoms with E-state index in [1.807, 2.05) is 48.5 Å². The fourth-order valence-corrected chi connectivity index (χ4v) is 3.59. The van der Waals surface area contributed by atoms with Crippen LogP contribution in [-0.2, 0) is 6.42 Å². The number of benzene rings is 3. The molecule has 0 aliphatic heterocycles. The zero-order valence-electron chi connectivity index (χ0n) is 14.0. The van der Waals surface area contributed by atoms with Crippen molar-refractivity contribution in [3.63, 3.8) is 0 Å². The van der Waals surface area contributed by atoms with Crippen molar-refractivity contribution in [2.24, 2.45) is 0 Å². The predicted molar refractivity (Wildman–Crippen MR) is 104 cm³/mol. The molecule has 0 heterocycles. The Bertz CT molecular complexity index is 1010. The zero-order valence-corrected chi connectivity index (χ0v) is 14.7. The maximum atomic E-state index is 12.5. The molecule has 1 aliphatic rings. The molecule has 0 bridgehead atoms. The Morgan fingerprint density at radius 3 is 2.50 bits per heavy atom. The van der Waals surface area contributed by atoms with Crippen LogP contribution in [0.5, 0.6) is 0 Å². The molecular weight excluding hydrogens is 346 g/mol. The monoisotopic (exact) mass is 361 g/mol. The molecule has 1 N–H and O–H groups in total. The third-order valence-corrected chi connectivity index (χ3v) is 4.85. The first kappa shape index (κ1) is 16.6. The highest BCUT2D eigenvalue weighted by Gasteiger charge is 2.27. The second-order valence-electron chi connectivity index (χ2n) is 6.27. The van der Waals surface area contributed by atoms with Crippen molar-refractivity contribution < 1.29 is 9.59 Å². The lowest BCUT2D eigenvalue weighted by Crippen LogP contribution is -2.14. The minimum absolute atomic E-state index is 0.0623. The largest absolute Gasteiger partial charge is 0.321 e. The molecule has 0 saturated carbocycles. The average Bonchev–Trinajstić information content (AvgIpc) is 3.05. The molecule has 4 heteroatoms. The molecule has 0 unspecified atom stereocenters. The van der Waals surface area contributed by atoms with Gasteiger partial charge in [0.05, 0.1) is 5.69 Å². The van der Waals surface area contributed by atoms with Gasteiger partial charge in [0.25, 0.3) is 5.91 Å². The van der Waals surface area contributed by atoms with Gasteiger partial charge in [-0.25, -0.2) is 0 Å². The topological polar surface area (TPSA) is 46.2 Å². The second kappa shape index (κ2) is 6.77. The Morgan fingerprint density at radius 1 is 0.923 bits per heavy atom. The van der Waals surface area contributed by atoms with Crippen LogP contribution in [0.2, 0.25) is 5.02 Å². The Kier molecular flexibility index (Phi) is 4.31. The highest BCUT2D eigenvalue weighted by Crippen LogP contribution is 2.37. The van der Waals surface area contributed by atoms with Crippen LogP contribution in [-0.4, -0.2) is 11.7 Å². The quantitative estimate of drug-likeness (QED) is 0.680. The van der Waals surface area contributed by atoms with E-state index in [1.165, 1.54) is 0 Å². The zero-order chi connectivity index (χ0) is 18.1. The second-order valence-corrected chi connectivity index (χ2v) is 6.70. The van der Waals surface area contributed by atoms with Gasteiger partial charge in [0.1, 0.15) is 0 Å². The molecule has 0 spiro atoms. The van der Waals surface area contributed by atoms with Crippen molar-refractivity contribution in [3.05, 3.63) is 88.4 Å². The van der Waals surface area contributed by atoms with E-state index in [0.717, 1.165) is 16.7 Å². The summed E-state index contributed by atoms with van der Waals surface area (Å²) in [6, 6.07) is 20.3. The summed E-state index contributed by atoms with van der Waals surface area (Å²) in [5.74, 6) is -0.157. The number of carbonyl (C=O) groups is 2. The molecular formula is C22H16ClNO2. The van der Waals surface area contributed by atoms with E-state index in [1.54, 1.807) is 18.2 Å². The van der Waals surface area contributed by atoms with Gasteiger partial charge in [-0.2, -0.15) is 0 Å². The van der Waals surface area contributed by atoms with Crippen LogP contribution in [0.25, 0.3) is 11.1 Å². The Balaban J connectivity index is 1.75. The van der Waals surface area contributed by atoms with E-state index in [0.29, 0.717) is 34.7 Å². The van der Waals surface area contributed by atoms with Crippen molar-refractivity contribution in [1.82, 2.24) is 0 Å². The smallest absolute Gasteiger partial charge is 0.255 e. The minimum Gasteiger partial charge on any atom is -0.321 e. The molecule has 3 aromatic carbocycles. The van der Waals surface area contributed by atoms with E-state index in [2.05, 4.69) is 5.32 Å². The van der Waals surface area contributed by atoms with E-state index < -0.39 is 0 Å². The summed E-state index contributed by atoms with van der Waals surface area (Å²) in [6.07, 6.45) is 1.13. The van der Waals surface area contributed by atoms with Crippen LogP contribution in [0.15, 0.2) is 66.7 Å². The maximum Gasteiger partial charge on any atom is 0.255 e. The molecule has 26 heavy (non-hydrogen) atoms. The molecule has 0 aromatic heterocycles. The van der Waals surface area contributed by atoms with Gasteiger partial charge in [0.15, 0.2) is 5.78 Å². The number of fused-ring (bicyclic) bond motifs is 1. The van der Waals surface area contributed by atoms with Crippen LogP contribution in [0, 0.1) is 0 Å². The van der Waals surface area contributed by atoms with Gasteiger partial charge in [-0.1, -0.05) is 48.0 Å². The molecule has 0 saturated heterocycles. The van der Waals surface area contributed by atoms with Crippen molar-refractivity contribution >= 4 is 29.0 Å². The van der Waals surface area contributed by atoms with Gasteiger partial charge in [-0.3, -0.25) is 9.59 Å². The standard InChI is InChI=1S/C22H16ClNO2/c23-16-8-4-7-15(13-16)17-9-11-19(21-18(17)10-12-20(21)25)24-22(26)14-5-2-1-3-6-14/h1-9,11,13H,10,12H2,(H,24,26). The number of amides is 1. The van der Waals surface area contributed by atoms with E-state index in [-0.39, 0.29) is 11.7 Å². The van der Waals surface area contributed by atoms with Crippen molar-refractivity contribution in [2.75, 3.05) is 5.32 Å². The molecule has 0 radical (unpaired) electrons. The van der Waals surface area contributed by atoms with Gasteiger partial charge >= 0.3 is 0 Å². The summed E-state index contributed by atoms with van der Waals surface area (Å²) in [5, 5.41) is 3.55. The first-order valence-corrected chi connectivity index (χ1v) is 8.83. The number of ketones is 1. The summed E-state index contributed by atoms with van der Waals surface area (Å²) in [5.41, 5.74) is 4.69. The molecule has 1 amide bonds. The first-order valence-electron chi connectivity index (χ1n) is 8.45. The normalized spacial score (nSPS) is 12.7. The lowest BCUT2D eigenvalue weighted by atomic mass is 9.95. The van der Waals surface area contributed by atoms with E-state index in [4.69, 9.17) is 11.6 Å². The molecule has 4 rings (SSSR count). The first-order chi connectivity index (χ1) is 12.6. The summed E-state index contributed by atoms with van der Waals surface area (Å²) < 4.78 is 0. The number of hydrogen-bond donors (Lipinski definition) is 1. The molecule has 3 nitrogen and oxygen atoms in total.